The summed E-state index contributed by atoms with van der Waals surface area (Å²) in [6.07, 6.45) is 3.61. The topological polar surface area (TPSA) is 26.0 Å². The van der Waals surface area contributed by atoms with Gasteiger partial charge in [0, 0.05) is 12.0 Å². The average molecular weight is 171 g/mol. The third kappa shape index (κ3) is 2.78. The minimum atomic E-state index is -0.272. The van der Waals surface area contributed by atoms with E-state index in [1.165, 1.54) is 6.92 Å². The van der Waals surface area contributed by atoms with Crippen molar-refractivity contribution in [2.75, 3.05) is 6.54 Å². The van der Waals surface area contributed by atoms with Crippen LogP contribution in [0, 0.1) is 5.41 Å². The second kappa shape index (κ2) is 4.41. The molecule has 0 bridgehead atoms. The van der Waals surface area contributed by atoms with E-state index in [9.17, 15) is 4.39 Å². The highest BCUT2D eigenvalue weighted by molar-refractivity contribution is 5.27. The highest BCUT2D eigenvalue weighted by Gasteiger charge is 2.21. The first kappa shape index (κ1) is 11.4. The van der Waals surface area contributed by atoms with Crippen LogP contribution in [-0.4, -0.2) is 6.54 Å². The molecule has 0 radical (unpaired) electrons. The summed E-state index contributed by atoms with van der Waals surface area (Å²) in [4.78, 5) is 0. The first-order valence-electron chi connectivity index (χ1n) is 4.15. The molecule has 0 aromatic carbocycles. The zero-order chi connectivity index (χ0) is 9.78. The van der Waals surface area contributed by atoms with Gasteiger partial charge in [-0.3, -0.25) is 0 Å². The molecular weight excluding hydrogens is 153 g/mol. The zero-order valence-corrected chi connectivity index (χ0v) is 8.32. The van der Waals surface area contributed by atoms with E-state index < -0.39 is 0 Å². The lowest BCUT2D eigenvalue weighted by atomic mass is 9.83. The van der Waals surface area contributed by atoms with Crippen molar-refractivity contribution in [3.8, 4) is 0 Å². The molecule has 1 nitrogen and oxygen atoms in total. The minimum absolute atomic E-state index is 0.149. The summed E-state index contributed by atoms with van der Waals surface area (Å²) in [6, 6.07) is 0. The Kier molecular flexibility index (Phi) is 4.18. The summed E-state index contributed by atoms with van der Waals surface area (Å²) in [6.45, 7) is 7.66. The first-order chi connectivity index (χ1) is 5.45. The maximum Gasteiger partial charge on any atom is 0.101 e. The van der Waals surface area contributed by atoms with Gasteiger partial charge in [-0.05, 0) is 19.4 Å². The largest absolute Gasteiger partial charge is 0.330 e. The summed E-state index contributed by atoms with van der Waals surface area (Å²) in [7, 11) is 0. The summed E-state index contributed by atoms with van der Waals surface area (Å²) < 4.78 is 13.0. The van der Waals surface area contributed by atoms with Gasteiger partial charge in [0.15, 0.2) is 0 Å². The molecule has 2 heteroatoms. The van der Waals surface area contributed by atoms with Gasteiger partial charge in [0.2, 0.25) is 0 Å². The van der Waals surface area contributed by atoms with Gasteiger partial charge in [-0.2, -0.15) is 0 Å². The fourth-order valence-electron chi connectivity index (χ4n) is 1.08. The SMILES string of the molecule is C/C=C\C(=C(/C)F)C(C)(C)CN. The van der Waals surface area contributed by atoms with Crippen LogP contribution in [0.15, 0.2) is 23.6 Å². The van der Waals surface area contributed by atoms with Crippen LogP contribution in [0.3, 0.4) is 0 Å². The van der Waals surface area contributed by atoms with Crippen LogP contribution >= 0.6 is 0 Å². The second-order valence-electron chi connectivity index (χ2n) is 3.54. The molecular formula is C10H18FN. The molecule has 0 aromatic heterocycles. The smallest absolute Gasteiger partial charge is 0.101 e. The molecule has 0 atom stereocenters. The minimum Gasteiger partial charge on any atom is -0.330 e. The van der Waals surface area contributed by atoms with Gasteiger partial charge in [-0.1, -0.05) is 26.0 Å². The van der Waals surface area contributed by atoms with Crippen LogP contribution in [0.4, 0.5) is 4.39 Å². The Morgan fingerprint density at radius 3 is 2.25 bits per heavy atom. The van der Waals surface area contributed by atoms with E-state index in [0.717, 1.165) is 0 Å². The Bertz CT molecular complexity index is 198. The molecule has 0 unspecified atom stereocenters. The van der Waals surface area contributed by atoms with E-state index in [1.807, 2.05) is 26.8 Å². The highest BCUT2D eigenvalue weighted by atomic mass is 19.1. The normalized spacial score (nSPS) is 15.2. The number of allylic oxidation sites excluding steroid dienone is 3. The van der Waals surface area contributed by atoms with Crippen LogP contribution < -0.4 is 5.73 Å². The molecule has 0 saturated carbocycles. The lowest BCUT2D eigenvalue weighted by Gasteiger charge is -2.24. The third-order valence-corrected chi connectivity index (χ3v) is 1.94. The molecule has 70 valence electrons. The molecule has 0 aliphatic heterocycles. The Balaban J connectivity index is 4.89. The van der Waals surface area contributed by atoms with Crippen LogP contribution in [0.1, 0.15) is 27.7 Å². The van der Waals surface area contributed by atoms with Gasteiger partial charge in [0.1, 0.15) is 5.83 Å². The van der Waals surface area contributed by atoms with Crippen molar-refractivity contribution >= 4 is 0 Å². The number of halogens is 1. The van der Waals surface area contributed by atoms with Crippen LogP contribution in [0.5, 0.6) is 0 Å². The molecule has 0 aromatic rings. The van der Waals surface area contributed by atoms with Gasteiger partial charge < -0.3 is 5.73 Å². The van der Waals surface area contributed by atoms with Crippen LogP contribution in [0.2, 0.25) is 0 Å². The Morgan fingerprint density at radius 1 is 1.50 bits per heavy atom. The molecule has 0 saturated heterocycles. The summed E-state index contributed by atoms with van der Waals surface area (Å²) in [5, 5.41) is 0. The third-order valence-electron chi connectivity index (χ3n) is 1.94. The molecule has 0 rings (SSSR count). The van der Waals surface area contributed by atoms with E-state index in [4.69, 9.17) is 5.73 Å². The lowest BCUT2D eigenvalue weighted by molar-refractivity contribution is 0.448. The van der Waals surface area contributed by atoms with Gasteiger partial charge in [-0.15, -0.1) is 0 Å². The van der Waals surface area contributed by atoms with Gasteiger partial charge in [-0.25, -0.2) is 4.39 Å². The van der Waals surface area contributed by atoms with Crippen molar-refractivity contribution in [2.24, 2.45) is 11.1 Å². The van der Waals surface area contributed by atoms with Crippen LogP contribution in [-0.2, 0) is 0 Å². The van der Waals surface area contributed by atoms with Crippen molar-refractivity contribution in [3.63, 3.8) is 0 Å². The van der Waals surface area contributed by atoms with E-state index in [1.54, 1.807) is 6.08 Å². The number of hydrogen-bond acceptors (Lipinski definition) is 1. The number of nitrogens with two attached hydrogens (primary N) is 1. The van der Waals surface area contributed by atoms with Crippen molar-refractivity contribution in [1.29, 1.82) is 0 Å². The summed E-state index contributed by atoms with van der Waals surface area (Å²) in [5.41, 5.74) is 5.96. The fraction of sp³-hybridized carbons (Fsp3) is 0.600. The standard InChI is InChI=1S/C10H18FN/c1-5-6-9(8(2)11)10(3,4)7-12/h5-6H,7,12H2,1-4H3/b6-5-,9-8-. The molecule has 12 heavy (non-hydrogen) atoms. The number of hydrogen-bond donors (Lipinski definition) is 1. The van der Waals surface area contributed by atoms with Crippen molar-refractivity contribution in [2.45, 2.75) is 27.7 Å². The van der Waals surface area contributed by atoms with E-state index in [-0.39, 0.29) is 11.2 Å². The average Bonchev–Trinajstić information content (AvgIpc) is 1.99. The molecule has 0 aliphatic carbocycles. The van der Waals surface area contributed by atoms with Gasteiger partial charge in [0.05, 0.1) is 0 Å². The predicted molar refractivity (Wildman–Crippen MR) is 51.5 cm³/mol. The molecule has 0 heterocycles. The zero-order valence-electron chi connectivity index (χ0n) is 8.32. The Labute approximate surface area is 74.1 Å². The van der Waals surface area contributed by atoms with E-state index in [2.05, 4.69) is 0 Å². The first-order valence-corrected chi connectivity index (χ1v) is 4.15. The quantitative estimate of drug-likeness (QED) is 0.649. The van der Waals surface area contributed by atoms with Crippen molar-refractivity contribution in [3.05, 3.63) is 23.6 Å². The summed E-state index contributed by atoms with van der Waals surface area (Å²) >= 11 is 0. The molecule has 0 amide bonds. The second-order valence-corrected chi connectivity index (χ2v) is 3.54. The van der Waals surface area contributed by atoms with Crippen LogP contribution in [0.25, 0.3) is 0 Å². The Morgan fingerprint density at radius 2 is 2.00 bits per heavy atom. The highest BCUT2D eigenvalue weighted by Crippen LogP contribution is 2.29. The molecule has 2 N–H and O–H groups in total. The number of rotatable bonds is 3. The molecule has 0 fully saturated rings. The summed E-state index contributed by atoms with van der Waals surface area (Å²) in [5.74, 6) is -0.149. The van der Waals surface area contributed by atoms with Crippen molar-refractivity contribution in [1.82, 2.24) is 0 Å². The predicted octanol–water partition coefficient (Wildman–Crippen LogP) is 2.79. The Hall–Kier alpha value is -0.630. The van der Waals surface area contributed by atoms with E-state index in [0.29, 0.717) is 12.1 Å². The van der Waals surface area contributed by atoms with Crippen molar-refractivity contribution < 1.29 is 4.39 Å². The monoisotopic (exact) mass is 171 g/mol. The maximum atomic E-state index is 13.0. The van der Waals surface area contributed by atoms with Gasteiger partial charge in [0.25, 0.3) is 0 Å². The molecule has 0 spiro atoms. The fourth-order valence-corrected chi connectivity index (χ4v) is 1.08. The maximum absolute atomic E-state index is 13.0. The molecule has 0 aliphatic rings. The van der Waals surface area contributed by atoms with E-state index >= 15 is 0 Å². The lowest BCUT2D eigenvalue weighted by Crippen LogP contribution is -2.25. The van der Waals surface area contributed by atoms with Gasteiger partial charge >= 0.3 is 0 Å².